The molecule has 0 aliphatic heterocycles. The topological polar surface area (TPSA) is 93.6 Å². The minimum Gasteiger partial charge on any atom is -0.393 e. The lowest BCUT2D eigenvalue weighted by Gasteiger charge is -2.65. The highest BCUT2D eigenvalue weighted by molar-refractivity contribution is 7.96. The molecule has 7 heteroatoms. The molecule has 4 fully saturated rings. The highest BCUT2D eigenvalue weighted by Gasteiger charge is 2.67. The van der Waals surface area contributed by atoms with Crippen molar-refractivity contribution in [2.45, 2.75) is 105 Å². The second-order valence-electron chi connectivity index (χ2n) is 13.2. The van der Waals surface area contributed by atoms with Gasteiger partial charge in [-0.05, 0) is 110 Å². The Morgan fingerprint density at radius 2 is 1.77 bits per heavy atom. The summed E-state index contributed by atoms with van der Waals surface area (Å²) in [5.74, 6) is 2.77. The SMILES string of the molecule is CC[C@@H]1C2C[C@H](O)CC[C@]2(C)[C@H]2CC[C@@]3(C)[C@@H](CCC3(C)[C@H](C)CCNC(=O)NSNC)C2[C@@H]1O. The quantitative estimate of drug-likeness (QED) is 0.308. The maximum absolute atomic E-state index is 12.0. The molecule has 0 heterocycles. The zero-order chi connectivity index (χ0) is 25.6. The van der Waals surface area contributed by atoms with Crippen LogP contribution in [0, 0.1) is 51.8 Å². The minimum atomic E-state index is -0.245. The number of carbonyl (C=O) groups is 1. The zero-order valence-corrected chi connectivity index (χ0v) is 23.7. The van der Waals surface area contributed by atoms with E-state index in [-0.39, 0.29) is 34.5 Å². The van der Waals surface area contributed by atoms with Crippen molar-refractivity contribution >= 4 is 18.2 Å². The summed E-state index contributed by atoms with van der Waals surface area (Å²) >= 11 is 1.18. The zero-order valence-electron chi connectivity index (χ0n) is 22.9. The summed E-state index contributed by atoms with van der Waals surface area (Å²) in [6, 6.07) is -0.144. The summed E-state index contributed by atoms with van der Waals surface area (Å²) in [6.07, 6.45) is 9.32. The molecule has 0 saturated heterocycles. The summed E-state index contributed by atoms with van der Waals surface area (Å²) in [5, 5.41) is 25.4. The van der Waals surface area contributed by atoms with E-state index in [2.05, 4.69) is 49.4 Å². The van der Waals surface area contributed by atoms with Crippen LogP contribution < -0.4 is 14.8 Å². The van der Waals surface area contributed by atoms with Gasteiger partial charge in [-0.15, -0.1) is 0 Å². The summed E-state index contributed by atoms with van der Waals surface area (Å²) in [7, 11) is 1.78. The van der Waals surface area contributed by atoms with Crippen LogP contribution >= 0.6 is 12.1 Å². The van der Waals surface area contributed by atoms with Gasteiger partial charge >= 0.3 is 6.03 Å². The van der Waals surface area contributed by atoms with Gasteiger partial charge in [0.05, 0.1) is 12.2 Å². The summed E-state index contributed by atoms with van der Waals surface area (Å²) in [5.41, 5.74) is 0.676. The maximum atomic E-state index is 12.0. The van der Waals surface area contributed by atoms with Crippen LogP contribution in [0.15, 0.2) is 0 Å². The molecular formula is C28H51N3O3S. The van der Waals surface area contributed by atoms with E-state index in [1.165, 1.54) is 37.8 Å². The molecule has 2 amide bonds. The number of fused-ring (bicyclic) bond motifs is 5. The molecule has 5 N–H and O–H groups in total. The second kappa shape index (κ2) is 10.3. The Morgan fingerprint density at radius 1 is 1.06 bits per heavy atom. The van der Waals surface area contributed by atoms with Crippen LogP contribution in [0.2, 0.25) is 0 Å². The molecule has 0 aromatic heterocycles. The first kappa shape index (κ1) is 27.5. The normalized spacial score (nSPS) is 47.8. The lowest BCUT2D eigenvalue weighted by molar-refractivity contribution is -0.209. The summed E-state index contributed by atoms with van der Waals surface area (Å²) in [6.45, 7) is 12.9. The van der Waals surface area contributed by atoms with Crippen molar-refractivity contribution in [3.8, 4) is 0 Å². The van der Waals surface area contributed by atoms with E-state index >= 15 is 0 Å². The number of hydrogen-bond donors (Lipinski definition) is 5. The second-order valence-corrected chi connectivity index (χ2v) is 14.0. The first-order valence-electron chi connectivity index (χ1n) is 14.3. The molecule has 4 saturated carbocycles. The Bertz CT molecular complexity index is 770. The largest absolute Gasteiger partial charge is 0.393 e. The third kappa shape index (κ3) is 4.44. The lowest BCUT2D eigenvalue weighted by atomic mass is 9.40. The highest BCUT2D eigenvalue weighted by atomic mass is 32.2. The Labute approximate surface area is 217 Å². The number of carbonyl (C=O) groups excluding carboxylic acids is 1. The average Bonchev–Trinajstić information content (AvgIpc) is 3.11. The fourth-order valence-electron chi connectivity index (χ4n) is 9.93. The van der Waals surface area contributed by atoms with Crippen molar-refractivity contribution in [1.82, 2.24) is 14.8 Å². The van der Waals surface area contributed by atoms with Gasteiger partial charge in [0.2, 0.25) is 0 Å². The van der Waals surface area contributed by atoms with E-state index in [4.69, 9.17) is 0 Å². The van der Waals surface area contributed by atoms with Crippen LogP contribution in [-0.4, -0.2) is 42.0 Å². The molecule has 4 rings (SSSR count). The van der Waals surface area contributed by atoms with Crippen molar-refractivity contribution in [2.75, 3.05) is 13.6 Å². The van der Waals surface area contributed by atoms with Gasteiger partial charge in [-0.3, -0.25) is 4.72 Å². The van der Waals surface area contributed by atoms with Crippen molar-refractivity contribution in [2.24, 2.45) is 51.8 Å². The van der Waals surface area contributed by atoms with Gasteiger partial charge in [-0.2, -0.15) is 0 Å². The van der Waals surface area contributed by atoms with Gasteiger partial charge in [-0.1, -0.05) is 41.0 Å². The van der Waals surface area contributed by atoms with Crippen LogP contribution in [-0.2, 0) is 0 Å². The lowest BCUT2D eigenvalue weighted by Crippen LogP contribution is -2.62. The number of aliphatic hydroxyl groups excluding tert-OH is 2. The smallest absolute Gasteiger partial charge is 0.325 e. The Balaban J connectivity index is 1.52. The molecule has 0 aromatic rings. The van der Waals surface area contributed by atoms with Gasteiger partial charge in [0.15, 0.2) is 0 Å². The maximum Gasteiger partial charge on any atom is 0.325 e. The van der Waals surface area contributed by atoms with Crippen molar-refractivity contribution in [1.29, 1.82) is 0 Å². The fourth-order valence-corrected chi connectivity index (χ4v) is 10.2. The molecule has 0 aromatic carbocycles. The standard InChI is InChI=1S/C28H51N3O3S/c1-7-19-22-16-18(32)8-12-26(22,3)20-9-14-28(5)21(23(20)24(19)33)10-13-27(28,4)17(2)11-15-30-25(34)31-35-29-6/h17-24,29,32-33H,7-16H2,1-6H3,(H2,30,31,34)/t17-,18-,19-,20+,21+,22?,23?,24-,26-,27?,28+/m1/s1. The van der Waals surface area contributed by atoms with E-state index in [1.807, 2.05) is 0 Å². The molecule has 0 radical (unpaired) electrons. The molecule has 0 spiro atoms. The van der Waals surface area contributed by atoms with Crippen LogP contribution in [0.4, 0.5) is 4.79 Å². The third-order valence-electron chi connectivity index (χ3n) is 12.3. The van der Waals surface area contributed by atoms with Crippen LogP contribution in [0.5, 0.6) is 0 Å². The first-order chi connectivity index (χ1) is 16.5. The first-order valence-corrected chi connectivity index (χ1v) is 15.1. The van der Waals surface area contributed by atoms with E-state index in [0.29, 0.717) is 42.1 Å². The Kier molecular flexibility index (Phi) is 8.13. The third-order valence-corrected chi connectivity index (χ3v) is 12.7. The predicted molar refractivity (Wildman–Crippen MR) is 143 cm³/mol. The number of nitrogens with one attached hydrogen (secondary N) is 3. The van der Waals surface area contributed by atoms with Crippen LogP contribution in [0.25, 0.3) is 0 Å². The Hall–Kier alpha value is -0.500. The van der Waals surface area contributed by atoms with Gasteiger partial charge in [0, 0.05) is 18.7 Å². The number of amides is 2. The molecule has 4 aliphatic rings. The van der Waals surface area contributed by atoms with Crippen LogP contribution in [0.3, 0.4) is 0 Å². The number of hydrogen-bond acceptors (Lipinski definition) is 5. The van der Waals surface area contributed by atoms with E-state index in [1.54, 1.807) is 7.05 Å². The molecule has 11 atom stereocenters. The van der Waals surface area contributed by atoms with Crippen molar-refractivity contribution in [3.63, 3.8) is 0 Å². The van der Waals surface area contributed by atoms with Crippen LogP contribution in [0.1, 0.15) is 92.4 Å². The molecule has 4 aliphatic carbocycles. The molecular weight excluding hydrogens is 458 g/mol. The van der Waals surface area contributed by atoms with Gasteiger partial charge < -0.3 is 15.5 Å². The fraction of sp³-hybridized carbons (Fsp3) is 0.964. The highest BCUT2D eigenvalue weighted by Crippen LogP contribution is 2.72. The molecule has 202 valence electrons. The molecule has 6 nitrogen and oxygen atoms in total. The van der Waals surface area contributed by atoms with Gasteiger partial charge in [0.1, 0.15) is 0 Å². The molecule has 0 bridgehead atoms. The monoisotopic (exact) mass is 509 g/mol. The summed E-state index contributed by atoms with van der Waals surface area (Å²) < 4.78 is 5.58. The van der Waals surface area contributed by atoms with Gasteiger partial charge in [-0.25, -0.2) is 9.52 Å². The van der Waals surface area contributed by atoms with E-state index in [9.17, 15) is 15.0 Å². The predicted octanol–water partition coefficient (Wildman–Crippen LogP) is 5.11. The van der Waals surface area contributed by atoms with Crippen molar-refractivity contribution < 1.29 is 15.0 Å². The molecule has 3 unspecified atom stereocenters. The summed E-state index contributed by atoms with van der Waals surface area (Å²) in [4.78, 5) is 12.0. The number of rotatable bonds is 7. The number of urea groups is 1. The van der Waals surface area contributed by atoms with E-state index in [0.717, 1.165) is 32.1 Å². The van der Waals surface area contributed by atoms with Gasteiger partial charge in [0.25, 0.3) is 0 Å². The van der Waals surface area contributed by atoms with E-state index < -0.39 is 0 Å². The Morgan fingerprint density at radius 3 is 2.46 bits per heavy atom. The minimum absolute atomic E-state index is 0.144. The number of aliphatic hydroxyl groups is 2. The van der Waals surface area contributed by atoms with Crippen molar-refractivity contribution in [3.05, 3.63) is 0 Å². The molecule has 35 heavy (non-hydrogen) atoms. The average molecular weight is 510 g/mol.